The Labute approximate surface area is 197 Å². The summed E-state index contributed by atoms with van der Waals surface area (Å²) >= 11 is 0. The summed E-state index contributed by atoms with van der Waals surface area (Å²) in [6.45, 7) is 5.93. The molecular weight excluding hydrogens is 462 g/mol. The number of benzene rings is 1. The van der Waals surface area contributed by atoms with Crippen molar-refractivity contribution < 1.29 is 49.1 Å². The summed E-state index contributed by atoms with van der Waals surface area (Å²) in [5.41, 5.74) is 1.01. The minimum Gasteiger partial charge on any atom is -0.508 e. The van der Waals surface area contributed by atoms with Crippen LogP contribution in [0.25, 0.3) is 5.76 Å². The van der Waals surface area contributed by atoms with Gasteiger partial charge in [-0.15, -0.1) is 0 Å². The molecule has 6 N–H and O–H groups in total. The summed E-state index contributed by atoms with van der Waals surface area (Å²) in [5, 5.41) is 47.8. The van der Waals surface area contributed by atoms with E-state index < -0.39 is 87.7 Å². The van der Waals surface area contributed by atoms with E-state index in [0.717, 1.165) is 6.92 Å². The number of aliphatic hydroxyl groups is 3. The number of ether oxygens (including phenoxy) is 1. The van der Waals surface area contributed by atoms with E-state index in [-0.39, 0.29) is 11.3 Å². The number of esters is 1. The van der Waals surface area contributed by atoms with E-state index in [1.807, 2.05) is 0 Å². The number of amides is 1. The number of carbonyl (C=O) groups is 4. The number of phenols is 1. The van der Waals surface area contributed by atoms with E-state index in [2.05, 4.69) is 16.6 Å². The predicted octanol–water partition coefficient (Wildman–Crippen LogP) is 0.519. The predicted molar refractivity (Wildman–Crippen MR) is 117 cm³/mol. The number of aliphatic hydroxyl groups excluding tert-OH is 2. The van der Waals surface area contributed by atoms with Crippen LogP contribution < -0.4 is 5.73 Å². The zero-order chi connectivity index (χ0) is 26.0. The van der Waals surface area contributed by atoms with Crippen molar-refractivity contribution in [1.82, 2.24) is 0 Å². The minimum atomic E-state index is -2.91. The van der Waals surface area contributed by atoms with Crippen LogP contribution in [0.4, 0.5) is 5.69 Å². The van der Waals surface area contributed by atoms with Gasteiger partial charge in [0.25, 0.3) is 12.6 Å². The van der Waals surface area contributed by atoms with Crippen molar-refractivity contribution in [1.29, 1.82) is 0 Å². The molecule has 0 radical (unpaired) electrons. The Balaban J connectivity index is 2.07. The van der Waals surface area contributed by atoms with E-state index in [4.69, 9.17) is 10.5 Å². The Morgan fingerprint density at radius 3 is 2.49 bits per heavy atom. The molecule has 182 valence electrons. The quantitative estimate of drug-likeness (QED) is 0.133. The Morgan fingerprint density at radius 2 is 1.91 bits per heavy atom. The van der Waals surface area contributed by atoms with Crippen molar-refractivity contribution in [3.63, 3.8) is 0 Å². The van der Waals surface area contributed by atoms with Gasteiger partial charge < -0.3 is 30.9 Å². The number of nitrogens with zero attached hydrogens (tertiary/aromatic N) is 2. The Hall–Kier alpha value is -4.28. The van der Waals surface area contributed by atoms with Crippen molar-refractivity contribution in [2.45, 2.75) is 37.9 Å². The monoisotopic (exact) mass is 484 g/mol. The molecule has 3 aliphatic carbocycles. The Bertz CT molecular complexity index is 1340. The maximum absolute atomic E-state index is 13.7. The summed E-state index contributed by atoms with van der Waals surface area (Å²) in [5.74, 6) is -10.1. The topological polar surface area (TPSA) is 211 Å². The van der Waals surface area contributed by atoms with Crippen LogP contribution in [0.1, 0.15) is 37.3 Å². The van der Waals surface area contributed by atoms with Gasteiger partial charge in [-0.1, -0.05) is 13.0 Å². The van der Waals surface area contributed by atoms with Gasteiger partial charge in [0.05, 0.1) is 5.56 Å². The number of hydrogen-bond donors (Lipinski definition) is 5. The smallest absolute Gasteiger partial charge is 0.302 e. The second-order valence-corrected chi connectivity index (χ2v) is 8.71. The number of Topliss-reactive ketones (excluding diaryl/α,β-unsaturated/α-hetero) is 2. The summed E-state index contributed by atoms with van der Waals surface area (Å²) < 4.78 is 5.46. The number of carbonyl (C=O) groups excluding carboxylic acids is 4. The fraction of sp³-hybridized carbons (Fsp3) is 0.348. The highest BCUT2D eigenvalue weighted by Gasteiger charge is 2.66. The van der Waals surface area contributed by atoms with Gasteiger partial charge in [-0.2, -0.15) is 0 Å². The van der Waals surface area contributed by atoms with Gasteiger partial charge >= 0.3 is 5.97 Å². The second kappa shape index (κ2) is 7.90. The highest BCUT2D eigenvalue weighted by molar-refractivity contribution is 6.23. The molecule has 35 heavy (non-hydrogen) atoms. The van der Waals surface area contributed by atoms with Crippen molar-refractivity contribution >= 4 is 41.6 Å². The van der Waals surface area contributed by atoms with E-state index in [1.54, 1.807) is 6.92 Å². The van der Waals surface area contributed by atoms with E-state index in [0.29, 0.717) is 5.56 Å². The lowest BCUT2D eigenvalue weighted by molar-refractivity contribution is -0.177. The molecule has 1 saturated carbocycles. The van der Waals surface area contributed by atoms with Gasteiger partial charge in [-0.3, -0.25) is 19.2 Å². The number of rotatable bonds is 3. The molecule has 0 aromatic heterocycles. The van der Waals surface area contributed by atoms with E-state index >= 15 is 0 Å². The molecule has 1 amide bonds. The van der Waals surface area contributed by atoms with E-state index in [9.17, 15) is 39.6 Å². The lowest BCUT2D eigenvalue weighted by Gasteiger charge is -2.51. The molecule has 0 spiro atoms. The van der Waals surface area contributed by atoms with Crippen molar-refractivity contribution in [2.24, 2.45) is 22.7 Å². The molecule has 4 rings (SSSR count). The Morgan fingerprint density at radius 1 is 1.26 bits per heavy atom. The Kier molecular flexibility index (Phi) is 5.38. The molecule has 12 heteroatoms. The van der Waals surface area contributed by atoms with Crippen LogP contribution in [0.3, 0.4) is 0 Å². The first-order valence-corrected chi connectivity index (χ1v) is 10.5. The molecule has 1 fully saturated rings. The highest BCUT2D eigenvalue weighted by Crippen LogP contribution is 2.57. The van der Waals surface area contributed by atoms with Gasteiger partial charge in [0.2, 0.25) is 5.78 Å². The molecule has 1 aromatic carbocycles. The fourth-order valence-corrected chi connectivity index (χ4v) is 5.46. The van der Waals surface area contributed by atoms with Crippen LogP contribution in [0.15, 0.2) is 34.2 Å². The third-order valence-electron chi connectivity index (χ3n) is 6.93. The second-order valence-electron chi connectivity index (χ2n) is 8.71. The molecule has 12 nitrogen and oxygen atoms in total. The maximum Gasteiger partial charge on any atom is 0.302 e. The molecule has 0 aliphatic heterocycles. The highest BCUT2D eigenvalue weighted by atomic mass is 16.5. The summed E-state index contributed by atoms with van der Waals surface area (Å²) in [4.78, 5) is 53.5. The van der Waals surface area contributed by atoms with Crippen molar-refractivity contribution in [2.75, 3.05) is 0 Å². The SMILES string of the molecule is C=[N+]=Nc1ccc2c(c1O)C(O)=C1C(=O)[C@]3(O)C(O)=C(C(N)=O)C(=O)C[C@@H]3[C@@H](OC(C)=O)[C@@H]1[C@H]2C. The number of nitrogens with two attached hydrogens (primary N) is 1. The summed E-state index contributed by atoms with van der Waals surface area (Å²) in [6.07, 6.45) is -2.02. The third-order valence-corrected chi connectivity index (χ3v) is 6.93. The van der Waals surface area contributed by atoms with Gasteiger partial charge in [0.15, 0.2) is 22.8 Å². The average Bonchev–Trinajstić information content (AvgIpc) is 2.77. The fourth-order valence-electron chi connectivity index (χ4n) is 5.46. The number of hydrogen-bond acceptors (Lipinski definition) is 10. The first kappa shape index (κ1) is 23.9. The number of phenolic OH excluding ortho intramolecular Hbond substituents is 1. The van der Waals surface area contributed by atoms with Gasteiger partial charge in [-0.25, -0.2) is 0 Å². The van der Waals surface area contributed by atoms with Gasteiger partial charge in [0, 0.05) is 35.5 Å². The van der Waals surface area contributed by atoms with Crippen molar-refractivity contribution in [3.8, 4) is 5.75 Å². The van der Waals surface area contributed by atoms with Crippen LogP contribution in [0, 0.1) is 11.8 Å². The van der Waals surface area contributed by atoms with Crippen LogP contribution in [-0.4, -0.2) is 67.1 Å². The summed E-state index contributed by atoms with van der Waals surface area (Å²) in [7, 11) is 0. The van der Waals surface area contributed by atoms with Crippen LogP contribution in [0.5, 0.6) is 5.75 Å². The molecular formula is C23H22N3O9+. The lowest BCUT2D eigenvalue weighted by Crippen LogP contribution is -2.64. The number of fused-ring (bicyclic) bond motifs is 3. The largest absolute Gasteiger partial charge is 0.508 e. The van der Waals surface area contributed by atoms with Crippen LogP contribution in [-0.2, 0) is 23.9 Å². The number of primary amides is 1. The first-order chi connectivity index (χ1) is 16.4. The van der Waals surface area contributed by atoms with E-state index in [1.165, 1.54) is 12.1 Å². The van der Waals surface area contributed by atoms with Crippen LogP contribution >= 0.6 is 0 Å². The zero-order valence-corrected chi connectivity index (χ0v) is 18.7. The zero-order valence-electron chi connectivity index (χ0n) is 18.7. The molecule has 0 unspecified atom stereocenters. The summed E-state index contributed by atoms with van der Waals surface area (Å²) in [6, 6.07) is 2.94. The standard InChI is InChI=1S/C23H21N3O9/c1-7-9-4-5-11(26-25-3)17(29)14(9)18(30)16-13(7)19(35-8(2)27)10-6-12(28)15(22(24)33)20(31)23(10,34)21(16)32/h4-5,7,10,13,19,34H,3,6H2,1-2H3,(H4,24,28,30,31,32,33)/p+1/t7-,10+,13+,19+,23+/m0/s1. The third kappa shape index (κ3) is 3.11. The maximum atomic E-state index is 13.7. The number of ketones is 2. The average molecular weight is 484 g/mol. The molecule has 0 bridgehead atoms. The normalized spacial score (nSPS) is 29.6. The molecule has 0 saturated heterocycles. The van der Waals surface area contributed by atoms with Crippen LogP contribution in [0.2, 0.25) is 0 Å². The molecule has 0 heterocycles. The number of aromatic hydroxyl groups is 1. The minimum absolute atomic E-state index is 0.0602. The van der Waals surface area contributed by atoms with Gasteiger partial charge in [0.1, 0.15) is 28.3 Å². The van der Waals surface area contributed by atoms with Gasteiger partial charge in [-0.05, 0) is 17.5 Å². The first-order valence-electron chi connectivity index (χ1n) is 10.5. The molecule has 3 aliphatic rings. The molecule has 1 aromatic rings. The molecule has 5 atom stereocenters. The van der Waals surface area contributed by atoms with Crippen molar-refractivity contribution in [3.05, 3.63) is 40.2 Å². The lowest BCUT2D eigenvalue weighted by atomic mass is 9.55.